The number of unbranched alkanes of at least 4 members (excludes halogenated alkanes) is 3. The predicted octanol–water partition coefficient (Wildman–Crippen LogP) is 3.61. The maximum absolute atomic E-state index is 11.9. The van der Waals surface area contributed by atoms with E-state index in [1.807, 2.05) is 24.3 Å². The molecule has 1 heterocycles. The fourth-order valence-electron chi connectivity index (χ4n) is 2.19. The molecule has 2 heteroatoms. The van der Waals surface area contributed by atoms with Gasteiger partial charge in [0.25, 0.3) is 0 Å². The third-order valence-corrected chi connectivity index (χ3v) is 3.17. The van der Waals surface area contributed by atoms with Crippen molar-refractivity contribution in [2.75, 3.05) is 0 Å². The first kappa shape index (κ1) is 12.0. The number of hydrogen-bond acceptors (Lipinski definition) is 2. The molecule has 0 aromatic carbocycles. The Kier molecular flexibility index (Phi) is 4.08. The van der Waals surface area contributed by atoms with Crippen molar-refractivity contribution >= 4 is 11.5 Å². The fraction of sp³-hybridized carbons (Fsp3) is 0.467. The summed E-state index contributed by atoms with van der Waals surface area (Å²) in [5, 5.41) is 0. The molecule has 90 valence electrons. The maximum Gasteiger partial charge on any atom is 0.170 e. The first-order chi connectivity index (χ1) is 8.31. The van der Waals surface area contributed by atoms with Crippen molar-refractivity contribution in [2.24, 2.45) is 10.9 Å². The van der Waals surface area contributed by atoms with Gasteiger partial charge in [0.15, 0.2) is 5.78 Å². The molecule has 2 aliphatic rings. The number of carbonyl (C=O) groups is 1. The molecule has 0 radical (unpaired) electrons. The summed E-state index contributed by atoms with van der Waals surface area (Å²) >= 11 is 0. The molecule has 2 nitrogen and oxygen atoms in total. The highest BCUT2D eigenvalue weighted by molar-refractivity contribution is 6.18. The lowest BCUT2D eigenvalue weighted by molar-refractivity contribution is -0.115. The van der Waals surface area contributed by atoms with Gasteiger partial charge >= 0.3 is 0 Å². The zero-order valence-electron chi connectivity index (χ0n) is 10.4. The van der Waals surface area contributed by atoms with Crippen LogP contribution in [0.25, 0.3) is 0 Å². The third-order valence-electron chi connectivity index (χ3n) is 3.17. The first-order valence-electron chi connectivity index (χ1n) is 6.49. The Morgan fingerprint density at radius 3 is 2.94 bits per heavy atom. The molecule has 1 aliphatic heterocycles. The summed E-state index contributed by atoms with van der Waals surface area (Å²) in [6.07, 6.45) is 15.3. The fourth-order valence-corrected chi connectivity index (χ4v) is 2.19. The van der Waals surface area contributed by atoms with Crippen LogP contribution in [0.3, 0.4) is 0 Å². The zero-order valence-corrected chi connectivity index (χ0v) is 10.4. The van der Waals surface area contributed by atoms with Gasteiger partial charge in [0.2, 0.25) is 0 Å². The quantitative estimate of drug-likeness (QED) is 0.662. The van der Waals surface area contributed by atoms with Crippen LogP contribution in [0, 0.1) is 5.92 Å². The van der Waals surface area contributed by atoms with Gasteiger partial charge < -0.3 is 0 Å². The SMILES string of the molecule is CCCCCCC1=CC(=O)C2C=CC=CC2=N1. The Labute approximate surface area is 103 Å². The van der Waals surface area contributed by atoms with Crippen LogP contribution in [0.1, 0.15) is 39.0 Å². The molecule has 0 aromatic rings. The molecule has 0 spiro atoms. The van der Waals surface area contributed by atoms with E-state index in [0.29, 0.717) is 0 Å². The van der Waals surface area contributed by atoms with Crippen LogP contribution in [0.4, 0.5) is 0 Å². The van der Waals surface area contributed by atoms with E-state index >= 15 is 0 Å². The van der Waals surface area contributed by atoms with E-state index in [0.717, 1.165) is 24.3 Å². The van der Waals surface area contributed by atoms with Gasteiger partial charge in [0, 0.05) is 11.8 Å². The second-order valence-electron chi connectivity index (χ2n) is 4.61. The van der Waals surface area contributed by atoms with Gasteiger partial charge in [0.05, 0.1) is 11.6 Å². The number of rotatable bonds is 5. The van der Waals surface area contributed by atoms with Gasteiger partial charge in [-0.25, -0.2) is 0 Å². The monoisotopic (exact) mass is 229 g/mol. The maximum atomic E-state index is 11.9. The molecular formula is C15H19NO. The lowest BCUT2D eigenvalue weighted by atomic mass is 9.90. The number of carbonyl (C=O) groups excluding carboxylic acids is 1. The Morgan fingerprint density at radius 2 is 2.12 bits per heavy atom. The summed E-state index contributed by atoms with van der Waals surface area (Å²) < 4.78 is 0. The summed E-state index contributed by atoms with van der Waals surface area (Å²) in [6.45, 7) is 2.20. The van der Waals surface area contributed by atoms with E-state index in [-0.39, 0.29) is 11.7 Å². The van der Waals surface area contributed by atoms with Gasteiger partial charge in [-0.1, -0.05) is 44.4 Å². The summed E-state index contributed by atoms with van der Waals surface area (Å²) in [5.74, 6) is 0.0560. The van der Waals surface area contributed by atoms with Crippen LogP contribution in [0.5, 0.6) is 0 Å². The Balaban J connectivity index is 1.96. The summed E-state index contributed by atoms with van der Waals surface area (Å²) in [7, 11) is 0. The van der Waals surface area contributed by atoms with E-state index in [9.17, 15) is 4.79 Å². The number of hydrogen-bond donors (Lipinski definition) is 0. The average Bonchev–Trinajstić information content (AvgIpc) is 2.35. The van der Waals surface area contributed by atoms with Crippen LogP contribution < -0.4 is 0 Å². The van der Waals surface area contributed by atoms with E-state index in [1.165, 1.54) is 19.3 Å². The van der Waals surface area contributed by atoms with Crippen molar-refractivity contribution < 1.29 is 4.79 Å². The van der Waals surface area contributed by atoms with Crippen molar-refractivity contribution in [3.63, 3.8) is 0 Å². The van der Waals surface area contributed by atoms with Crippen LogP contribution in [0.15, 0.2) is 41.1 Å². The molecule has 0 aromatic heterocycles. The van der Waals surface area contributed by atoms with E-state index in [2.05, 4.69) is 11.9 Å². The average molecular weight is 229 g/mol. The van der Waals surface area contributed by atoms with Crippen LogP contribution >= 0.6 is 0 Å². The molecule has 0 N–H and O–H groups in total. The lowest BCUT2D eigenvalue weighted by Crippen LogP contribution is -2.24. The number of allylic oxidation sites excluding steroid dienone is 6. The molecule has 0 saturated heterocycles. The minimum atomic E-state index is -0.126. The standard InChI is InChI=1S/C15H19NO/c1-2-3-4-5-8-12-11-15(17)13-9-6-7-10-14(13)16-12/h6-7,9-11,13H,2-5,8H2,1H3. The van der Waals surface area contributed by atoms with Crippen LogP contribution in [-0.4, -0.2) is 11.5 Å². The van der Waals surface area contributed by atoms with Gasteiger partial charge in [0.1, 0.15) is 0 Å². The normalized spacial score (nSPS) is 22.2. The van der Waals surface area contributed by atoms with Crippen LogP contribution in [-0.2, 0) is 4.79 Å². The molecule has 1 atom stereocenters. The Hall–Kier alpha value is -1.44. The van der Waals surface area contributed by atoms with E-state index in [4.69, 9.17) is 0 Å². The number of nitrogens with zero attached hydrogens (tertiary/aromatic N) is 1. The van der Waals surface area contributed by atoms with Crippen molar-refractivity contribution in [1.29, 1.82) is 0 Å². The Morgan fingerprint density at radius 1 is 1.24 bits per heavy atom. The van der Waals surface area contributed by atoms with Crippen molar-refractivity contribution in [3.8, 4) is 0 Å². The lowest BCUT2D eigenvalue weighted by Gasteiger charge is -2.18. The molecule has 0 fully saturated rings. The molecule has 0 saturated carbocycles. The largest absolute Gasteiger partial charge is 0.294 e. The van der Waals surface area contributed by atoms with Gasteiger partial charge in [-0.3, -0.25) is 9.79 Å². The predicted molar refractivity (Wildman–Crippen MR) is 71.1 cm³/mol. The second-order valence-corrected chi connectivity index (χ2v) is 4.61. The van der Waals surface area contributed by atoms with Gasteiger partial charge in [-0.2, -0.15) is 0 Å². The molecule has 0 amide bonds. The number of fused-ring (bicyclic) bond motifs is 1. The topological polar surface area (TPSA) is 29.4 Å². The van der Waals surface area contributed by atoms with Crippen molar-refractivity contribution in [1.82, 2.24) is 0 Å². The molecule has 17 heavy (non-hydrogen) atoms. The van der Waals surface area contributed by atoms with Crippen molar-refractivity contribution in [2.45, 2.75) is 39.0 Å². The molecular weight excluding hydrogens is 210 g/mol. The Bertz CT molecular complexity index is 413. The third kappa shape index (κ3) is 3.02. The minimum Gasteiger partial charge on any atom is -0.294 e. The minimum absolute atomic E-state index is 0.126. The molecule has 2 rings (SSSR count). The molecule has 1 unspecified atom stereocenters. The van der Waals surface area contributed by atoms with Gasteiger partial charge in [-0.05, 0) is 18.9 Å². The second kappa shape index (κ2) is 5.76. The number of aliphatic imine (C=N–C) groups is 1. The zero-order chi connectivity index (χ0) is 12.1. The van der Waals surface area contributed by atoms with Gasteiger partial charge in [-0.15, -0.1) is 0 Å². The first-order valence-corrected chi connectivity index (χ1v) is 6.49. The highest BCUT2D eigenvalue weighted by Gasteiger charge is 2.24. The van der Waals surface area contributed by atoms with Crippen molar-refractivity contribution in [3.05, 3.63) is 36.1 Å². The van der Waals surface area contributed by atoms with Crippen LogP contribution in [0.2, 0.25) is 0 Å². The number of ketones is 1. The van der Waals surface area contributed by atoms with E-state index in [1.54, 1.807) is 6.08 Å². The summed E-state index contributed by atoms with van der Waals surface area (Å²) in [6, 6.07) is 0. The summed E-state index contributed by atoms with van der Waals surface area (Å²) in [5.41, 5.74) is 1.86. The smallest absolute Gasteiger partial charge is 0.170 e. The highest BCUT2D eigenvalue weighted by Crippen LogP contribution is 2.22. The molecule has 0 bridgehead atoms. The molecule has 1 aliphatic carbocycles. The van der Waals surface area contributed by atoms with E-state index < -0.39 is 0 Å². The summed E-state index contributed by atoms with van der Waals surface area (Å²) in [4.78, 5) is 16.5. The highest BCUT2D eigenvalue weighted by atomic mass is 16.1.